The van der Waals surface area contributed by atoms with Crippen LogP contribution in [0, 0.1) is 0 Å². The molecule has 0 amide bonds. The maximum Gasteiger partial charge on any atom is 0.337 e. The number of methoxy groups -OCH3 is 1. The van der Waals surface area contributed by atoms with Crippen molar-refractivity contribution in [1.29, 1.82) is 0 Å². The Morgan fingerprint density at radius 1 is 1.58 bits per heavy atom. The van der Waals surface area contributed by atoms with E-state index in [-0.39, 0.29) is 6.10 Å². The number of hydrogen-bond donors (Lipinski definition) is 0. The summed E-state index contributed by atoms with van der Waals surface area (Å²) in [6, 6.07) is 0. The van der Waals surface area contributed by atoms with Crippen molar-refractivity contribution in [1.82, 2.24) is 0 Å². The highest BCUT2D eigenvalue weighted by Crippen LogP contribution is 2.11. The van der Waals surface area contributed by atoms with Gasteiger partial charge in [-0.15, -0.1) is 0 Å². The lowest BCUT2D eigenvalue weighted by molar-refractivity contribution is -0.137. The number of rotatable bonds is 2. The molecular formula is C9H10O3. The van der Waals surface area contributed by atoms with Gasteiger partial charge in [0.05, 0.1) is 18.9 Å². The van der Waals surface area contributed by atoms with Crippen molar-refractivity contribution in [3.05, 3.63) is 36.6 Å². The zero-order chi connectivity index (χ0) is 8.97. The van der Waals surface area contributed by atoms with E-state index in [0.717, 1.165) is 0 Å². The maximum atomic E-state index is 11.0. The summed E-state index contributed by atoms with van der Waals surface area (Å²) in [5, 5.41) is 0. The lowest BCUT2D eigenvalue weighted by Gasteiger charge is -2.15. The first-order chi connectivity index (χ1) is 5.75. The summed E-state index contributed by atoms with van der Waals surface area (Å²) in [4.78, 5) is 11.0. The first kappa shape index (κ1) is 8.59. The summed E-state index contributed by atoms with van der Waals surface area (Å²) in [5.41, 5.74) is 0.304. The summed E-state index contributed by atoms with van der Waals surface area (Å²) >= 11 is 0. The predicted octanol–water partition coefficient (Wildman–Crippen LogP) is 1.18. The molecule has 1 aliphatic heterocycles. The molecule has 0 spiro atoms. The van der Waals surface area contributed by atoms with Gasteiger partial charge in [-0.25, -0.2) is 4.79 Å². The van der Waals surface area contributed by atoms with E-state index in [4.69, 9.17) is 4.74 Å². The first-order valence-electron chi connectivity index (χ1n) is 3.51. The Labute approximate surface area is 71.0 Å². The van der Waals surface area contributed by atoms with Gasteiger partial charge in [-0.05, 0) is 12.2 Å². The molecule has 0 saturated carbocycles. The minimum atomic E-state index is -0.444. The number of hydrogen-bond acceptors (Lipinski definition) is 3. The summed E-state index contributed by atoms with van der Waals surface area (Å²) in [5.74, 6) is -0.444. The summed E-state index contributed by atoms with van der Waals surface area (Å²) in [6.07, 6.45) is 6.39. The highest BCUT2D eigenvalue weighted by atomic mass is 16.5. The fourth-order valence-corrected chi connectivity index (χ4v) is 0.831. The Balaban J connectivity index is 2.59. The van der Waals surface area contributed by atoms with Crippen molar-refractivity contribution in [2.75, 3.05) is 7.11 Å². The van der Waals surface area contributed by atoms with Crippen LogP contribution < -0.4 is 0 Å². The van der Waals surface area contributed by atoms with Crippen LogP contribution in [0.2, 0.25) is 0 Å². The van der Waals surface area contributed by atoms with Gasteiger partial charge >= 0.3 is 5.97 Å². The van der Waals surface area contributed by atoms with Crippen molar-refractivity contribution < 1.29 is 14.3 Å². The lowest BCUT2D eigenvalue weighted by atomic mass is 10.1. The summed E-state index contributed by atoms with van der Waals surface area (Å²) < 4.78 is 9.58. The Morgan fingerprint density at radius 3 is 2.83 bits per heavy atom. The normalized spacial score (nSPS) is 19.9. The van der Waals surface area contributed by atoms with Crippen molar-refractivity contribution in [3.8, 4) is 0 Å². The molecule has 3 heteroatoms. The van der Waals surface area contributed by atoms with Gasteiger partial charge in [0.2, 0.25) is 0 Å². The molecule has 0 aromatic carbocycles. The molecule has 12 heavy (non-hydrogen) atoms. The number of ether oxygens (including phenoxy) is 2. The van der Waals surface area contributed by atoms with Crippen LogP contribution in [0.4, 0.5) is 0 Å². The largest absolute Gasteiger partial charge is 0.489 e. The van der Waals surface area contributed by atoms with Crippen molar-refractivity contribution >= 4 is 5.97 Å². The molecule has 0 N–H and O–H groups in total. The van der Waals surface area contributed by atoms with E-state index in [2.05, 4.69) is 11.3 Å². The van der Waals surface area contributed by atoms with Crippen LogP contribution in [-0.4, -0.2) is 19.2 Å². The van der Waals surface area contributed by atoms with E-state index in [0.29, 0.717) is 5.57 Å². The molecular weight excluding hydrogens is 156 g/mol. The standard InChI is InChI=1S/C9H10O3/c1-7(9(10)11-2)8-5-3-4-6-12-8/h3-6,8H,1H2,2H3. The van der Waals surface area contributed by atoms with Gasteiger partial charge in [0.1, 0.15) is 6.10 Å². The van der Waals surface area contributed by atoms with Gasteiger partial charge in [0.15, 0.2) is 0 Å². The molecule has 0 bridgehead atoms. The van der Waals surface area contributed by atoms with Crippen molar-refractivity contribution in [3.63, 3.8) is 0 Å². The fourth-order valence-electron chi connectivity index (χ4n) is 0.831. The second-order valence-corrected chi connectivity index (χ2v) is 2.29. The number of allylic oxidation sites excluding steroid dienone is 2. The average molecular weight is 166 g/mol. The quantitative estimate of drug-likeness (QED) is 0.456. The van der Waals surface area contributed by atoms with Gasteiger partial charge in [0, 0.05) is 0 Å². The zero-order valence-corrected chi connectivity index (χ0v) is 6.82. The Kier molecular flexibility index (Phi) is 2.69. The molecule has 0 saturated heterocycles. The van der Waals surface area contributed by atoms with E-state index in [1.54, 1.807) is 18.2 Å². The van der Waals surface area contributed by atoms with Crippen LogP contribution in [0.1, 0.15) is 0 Å². The molecule has 64 valence electrons. The zero-order valence-electron chi connectivity index (χ0n) is 6.82. The second kappa shape index (κ2) is 3.76. The monoisotopic (exact) mass is 166 g/mol. The number of carbonyl (C=O) groups excluding carboxylic acids is 1. The molecule has 1 atom stereocenters. The van der Waals surface area contributed by atoms with Crippen molar-refractivity contribution in [2.45, 2.75) is 6.10 Å². The highest BCUT2D eigenvalue weighted by molar-refractivity contribution is 5.89. The van der Waals surface area contributed by atoms with Gasteiger partial charge in [-0.1, -0.05) is 12.7 Å². The Morgan fingerprint density at radius 2 is 2.33 bits per heavy atom. The first-order valence-corrected chi connectivity index (χ1v) is 3.51. The highest BCUT2D eigenvalue weighted by Gasteiger charge is 2.18. The minimum Gasteiger partial charge on any atom is -0.489 e. The third-order valence-corrected chi connectivity index (χ3v) is 1.49. The topological polar surface area (TPSA) is 35.5 Å². The fraction of sp³-hybridized carbons (Fsp3) is 0.222. The Bertz CT molecular complexity index is 250. The molecule has 0 aromatic heterocycles. The van der Waals surface area contributed by atoms with E-state index in [1.165, 1.54) is 13.4 Å². The van der Waals surface area contributed by atoms with Gasteiger partial charge < -0.3 is 9.47 Å². The van der Waals surface area contributed by atoms with Crippen LogP contribution in [0.3, 0.4) is 0 Å². The molecule has 0 aromatic rings. The maximum absolute atomic E-state index is 11.0. The lowest BCUT2D eigenvalue weighted by Crippen LogP contribution is -2.19. The van der Waals surface area contributed by atoms with Gasteiger partial charge in [0.25, 0.3) is 0 Å². The molecule has 1 heterocycles. The molecule has 0 radical (unpaired) electrons. The molecule has 1 aliphatic rings. The van der Waals surface area contributed by atoms with E-state index >= 15 is 0 Å². The number of carbonyl (C=O) groups is 1. The van der Waals surface area contributed by atoms with E-state index < -0.39 is 5.97 Å². The van der Waals surface area contributed by atoms with E-state index in [1.807, 2.05) is 0 Å². The van der Waals surface area contributed by atoms with Crippen LogP contribution in [-0.2, 0) is 14.3 Å². The smallest absolute Gasteiger partial charge is 0.337 e. The second-order valence-electron chi connectivity index (χ2n) is 2.29. The van der Waals surface area contributed by atoms with Crippen LogP contribution in [0.5, 0.6) is 0 Å². The average Bonchev–Trinajstić information content (AvgIpc) is 2.17. The van der Waals surface area contributed by atoms with Crippen molar-refractivity contribution in [2.24, 2.45) is 0 Å². The van der Waals surface area contributed by atoms with Crippen LogP contribution >= 0.6 is 0 Å². The Hall–Kier alpha value is -1.51. The third kappa shape index (κ3) is 1.75. The summed E-state index contributed by atoms with van der Waals surface area (Å²) in [7, 11) is 1.32. The molecule has 0 fully saturated rings. The molecule has 3 nitrogen and oxygen atoms in total. The van der Waals surface area contributed by atoms with Crippen LogP contribution in [0.15, 0.2) is 36.6 Å². The molecule has 1 unspecified atom stereocenters. The minimum absolute atomic E-state index is 0.304. The SMILES string of the molecule is C=C(C(=O)OC)C1C=CC=CO1. The number of esters is 1. The molecule has 1 rings (SSSR count). The van der Waals surface area contributed by atoms with Gasteiger partial charge in [-0.2, -0.15) is 0 Å². The van der Waals surface area contributed by atoms with Crippen LogP contribution in [0.25, 0.3) is 0 Å². The third-order valence-electron chi connectivity index (χ3n) is 1.49. The van der Waals surface area contributed by atoms with E-state index in [9.17, 15) is 4.79 Å². The molecule has 0 aliphatic carbocycles. The predicted molar refractivity (Wildman–Crippen MR) is 44.3 cm³/mol. The summed E-state index contributed by atoms with van der Waals surface area (Å²) in [6.45, 7) is 3.56. The van der Waals surface area contributed by atoms with Gasteiger partial charge in [-0.3, -0.25) is 0 Å².